The Morgan fingerprint density at radius 2 is 1.70 bits per heavy atom. The third-order valence-corrected chi connectivity index (χ3v) is 3.73. The van der Waals surface area contributed by atoms with Gasteiger partial charge in [0.15, 0.2) is 0 Å². The SMILES string of the molecule is C=CCN1C(c2ccco2)CC(=O)CC1c1ccco1. The van der Waals surface area contributed by atoms with Crippen LogP contribution in [0.4, 0.5) is 0 Å². The second kappa shape index (κ2) is 5.51. The molecule has 0 bridgehead atoms. The number of hydrogen-bond acceptors (Lipinski definition) is 4. The molecule has 20 heavy (non-hydrogen) atoms. The summed E-state index contributed by atoms with van der Waals surface area (Å²) in [5, 5.41) is 0. The standard InChI is InChI=1S/C16H17NO3/c1-2-7-17-13(15-5-3-8-19-15)10-12(18)11-14(17)16-6-4-9-20-16/h2-6,8-9,13-14H,1,7,10-11H2. The van der Waals surface area contributed by atoms with E-state index >= 15 is 0 Å². The fraction of sp³-hybridized carbons (Fsp3) is 0.312. The molecule has 0 aliphatic carbocycles. The smallest absolute Gasteiger partial charge is 0.136 e. The molecule has 2 atom stereocenters. The van der Waals surface area contributed by atoms with Gasteiger partial charge < -0.3 is 8.83 Å². The molecule has 0 saturated carbocycles. The van der Waals surface area contributed by atoms with Crippen molar-refractivity contribution in [1.82, 2.24) is 4.90 Å². The molecule has 0 amide bonds. The van der Waals surface area contributed by atoms with Crippen molar-refractivity contribution in [3.8, 4) is 0 Å². The molecule has 0 N–H and O–H groups in total. The number of nitrogens with zero attached hydrogens (tertiary/aromatic N) is 1. The summed E-state index contributed by atoms with van der Waals surface area (Å²) in [7, 11) is 0. The summed E-state index contributed by atoms with van der Waals surface area (Å²) < 4.78 is 11.0. The van der Waals surface area contributed by atoms with Crippen LogP contribution in [0.15, 0.2) is 58.3 Å². The summed E-state index contributed by atoms with van der Waals surface area (Å²) in [6, 6.07) is 7.42. The van der Waals surface area contributed by atoms with Crippen molar-refractivity contribution in [2.24, 2.45) is 0 Å². The van der Waals surface area contributed by atoms with Crippen molar-refractivity contribution in [3.05, 3.63) is 61.0 Å². The summed E-state index contributed by atoms with van der Waals surface area (Å²) in [5.41, 5.74) is 0. The summed E-state index contributed by atoms with van der Waals surface area (Å²) in [4.78, 5) is 14.3. The molecule has 1 fully saturated rings. The molecular weight excluding hydrogens is 254 g/mol. The van der Waals surface area contributed by atoms with Gasteiger partial charge in [-0.1, -0.05) is 6.08 Å². The highest BCUT2D eigenvalue weighted by molar-refractivity contribution is 5.80. The zero-order valence-corrected chi connectivity index (χ0v) is 11.2. The van der Waals surface area contributed by atoms with Crippen molar-refractivity contribution in [2.45, 2.75) is 24.9 Å². The lowest BCUT2D eigenvalue weighted by Crippen LogP contribution is -2.39. The van der Waals surface area contributed by atoms with Gasteiger partial charge >= 0.3 is 0 Å². The fourth-order valence-corrected chi connectivity index (χ4v) is 2.86. The van der Waals surface area contributed by atoms with E-state index in [9.17, 15) is 4.79 Å². The minimum Gasteiger partial charge on any atom is -0.468 e. The van der Waals surface area contributed by atoms with Crippen LogP contribution in [-0.4, -0.2) is 17.2 Å². The molecule has 3 heterocycles. The van der Waals surface area contributed by atoms with Crippen molar-refractivity contribution < 1.29 is 13.6 Å². The van der Waals surface area contributed by atoms with Crippen LogP contribution in [0.1, 0.15) is 36.4 Å². The van der Waals surface area contributed by atoms with Gasteiger partial charge in [-0.05, 0) is 24.3 Å². The minimum absolute atomic E-state index is 0.0562. The lowest BCUT2D eigenvalue weighted by Gasteiger charge is -2.38. The molecule has 104 valence electrons. The Morgan fingerprint density at radius 3 is 2.10 bits per heavy atom. The first-order chi connectivity index (χ1) is 9.79. The molecule has 1 saturated heterocycles. The molecule has 1 aliphatic rings. The molecule has 4 nitrogen and oxygen atoms in total. The van der Waals surface area contributed by atoms with Gasteiger partial charge in [-0.3, -0.25) is 9.69 Å². The molecule has 2 unspecified atom stereocenters. The van der Waals surface area contributed by atoms with E-state index in [4.69, 9.17) is 8.83 Å². The van der Waals surface area contributed by atoms with Gasteiger partial charge in [0, 0.05) is 19.4 Å². The highest BCUT2D eigenvalue weighted by Gasteiger charge is 2.38. The number of piperidine rings is 1. The van der Waals surface area contributed by atoms with Crippen LogP contribution in [0.3, 0.4) is 0 Å². The zero-order valence-electron chi connectivity index (χ0n) is 11.2. The second-order valence-electron chi connectivity index (χ2n) is 4.99. The Labute approximate surface area is 117 Å². The number of carbonyl (C=O) groups is 1. The molecule has 2 aromatic heterocycles. The lowest BCUT2D eigenvalue weighted by molar-refractivity contribution is -0.126. The van der Waals surface area contributed by atoms with Crippen LogP contribution in [0, 0.1) is 0 Å². The normalized spacial score (nSPS) is 23.9. The van der Waals surface area contributed by atoms with Gasteiger partial charge in [0.25, 0.3) is 0 Å². The maximum absolute atomic E-state index is 12.1. The Bertz CT molecular complexity index is 525. The van der Waals surface area contributed by atoms with Crippen LogP contribution >= 0.6 is 0 Å². The quantitative estimate of drug-likeness (QED) is 0.798. The molecule has 0 aromatic carbocycles. The van der Waals surface area contributed by atoms with Crippen LogP contribution in [-0.2, 0) is 4.79 Å². The third kappa shape index (κ3) is 2.34. The Balaban J connectivity index is 1.96. The van der Waals surface area contributed by atoms with E-state index in [1.165, 1.54) is 0 Å². The van der Waals surface area contributed by atoms with Gasteiger partial charge in [0.2, 0.25) is 0 Å². The maximum atomic E-state index is 12.1. The van der Waals surface area contributed by atoms with Gasteiger partial charge in [-0.15, -0.1) is 6.58 Å². The number of rotatable bonds is 4. The topological polar surface area (TPSA) is 46.6 Å². The molecule has 0 spiro atoms. The van der Waals surface area contributed by atoms with Crippen molar-refractivity contribution in [3.63, 3.8) is 0 Å². The molecular formula is C16H17NO3. The predicted molar refractivity (Wildman–Crippen MR) is 74.0 cm³/mol. The van der Waals surface area contributed by atoms with Gasteiger partial charge in [0.05, 0.1) is 24.6 Å². The Morgan fingerprint density at radius 1 is 1.15 bits per heavy atom. The number of likely N-dealkylation sites (tertiary alicyclic amines) is 1. The van der Waals surface area contributed by atoms with Crippen LogP contribution in [0.5, 0.6) is 0 Å². The molecule has 4 heteroatoms. The van der Waals surface area contributed by atoms with Gasteiger partial charge in [0.1, 0.15) is 17.3 Å². The summed E-state index contributed by atoms with van der Waals surface area (Å²) in [5.74, 6) is 1.86. The summed E-state index contributed by atoms with van der Waals surface area (Å²) in [6.07, 6.45) is 6.07. The predicted octanol–water partition coefficient (Wildman–Crippen LogP) is 3.51. The largest absolute Gasteiger partial charge is 0.468 e. The van der Waals surface area contributed by atoms with E-state index in [0.717, 1.165) is 11.5 Å². The first kappa shape index (κ1) is 12.9. The van der Waals surface area contributed by atoms with E-state index in [1.807, 2.05) is 30.3 Å². The highest BCUT2D eigenvalue weighted by Crippen LogP contribution is 2.40. The van der Waals surface area contributed by atoms with E-state index < -0.39 is 0 Å². The molecule has 1 aliphatic heterocycles. The van der Waals surface area contributed by atoms with Crippen molar-refractivity contribution in [2.75, 3.05) is 6.54 Å². The number of hydrogen-bond donors (Lipinski definition) is 0. The molecule has 2 aromatic rings. The van der Waals surface area contributed by atoms with Crippen LogP contribution in [0.2, 0.25) is 0 Å². The Hall–Kier alpha value is -2.07. The van der Waals surface area contributed by atoms with Crippen LogP contribution in [0.25, 0.3) is 0 Å². The van der Waals surface area contributed by atoms with Gasteiger partial charge in [-0.25, -0.2) is 0 Å². The zero-order chi connectivity index (χ0) is 13.9. The number of Topliss-reactive ketones (excluding diaryl/α,β-unsaturated/α-hetero) is 1. The van der Waals surface area contributed by atoms with Crippen molar-refractivity contribution in [1.29, 1.82) is 0 Å². The maximum Gasteiger partial charge on any atom is 0.136 e. The molecule has 3 rings (SSSR count). The van der Waals surface area contributed by atoms with E-state index in [0.29, 0.717) is 19.4 Å². The first-order valence-corrected chi connectivity index (χ1v) is 6.74. The van der Waals surface area contributed by atoms with E-state index in [1.54, 1.807) is 12.5 Å². The summed E-state index contributed by atoms with van der Waals surface area (Å²) in [6.45, 7) is 4.50. The Kier molecular flexibility index (Phi) is 3.56. The highest BCUT2D eigenvalue weighted by atomic mass is 16.3. The van der Waals surface area contributed by atoms with E-state index in [2.05, 4.69) is 11.5 Å². The average Bonchev–Trinajstić information content (AvgIpc) is 3.13. The average molecular weight is 271 g/mol. The van der Waals surface area contributed by atoms with Gasteiger partial charge in [-0.2, -0.15) is 0 Å². The monoisotopic (exact) mass is 271 g/mol. The van der Waals surface area contributed by atoms with E-state index in [-0.39, 0.29) is 17.9 Å². The fourth-order valence-electron chi connectivity index (χ4n) is 2.86. The first-order valence-electron chi connectivity index (χ1n) is 6.74. The number of furan rings is 2. The third-order valence-electron chi connectivity index (χ3n) is 3.73. The van der Waals surface area contributed by atoms with Crippen LogP contribution < -0.4 is 0 Å². The lowest BCUT2D eigenvalue weighted by atomic mass is 9.91. The minimum atomic E-state index is -0.0562. The molecule has 0 radical (unpaired) electrons. The number of carbonyl (C=O) groups excluding carboxylic acids is 1. The summed E-state index contributed by atoms with van der Waals surface area (Å²) >= 11 is 0. The second-order valence-corrected chi connectivity index (χ2v) is 4.99. The van der Waals surface area contributed by atoms with Crippen molar-refractivity contribution >= 4 is 5.78 Å². The number of ketones is 1.